The van der Waals surface area contributed by atoms with Crippen molar-refractivity contribution in [1.29, 1.82) is 0 Å². The van der Waals surface area contributed by atoms with Gasteiger partial charge in [0, 0.05) is 18.1 Å². The van der Waals surface area contributed by atoms with Gasteiger partial charge in [0.2, 0.25) is 0 Å². The Hall–Kier alpha value is -1.68. The molecule has 0 N–H and O–H groups in total. The first kappa shape index (κ1) is 12.8. The van der Waals surface area contributed by atoms with E-state index in [0.29, 0.717) is 0 Å². The van der Waals surface area contributed by atoms with E-state index in [9.17, 15) is 4.79 Å². The second kappa shape index (κ2) is 5.78. The molecule has 2 aromatic heterocycles. The van der Waals surface area contributed by atoms with Gasteiger partial charge in [-0.25, -0.2) is 0 Å². The molecule has 0 fully saturated rings. The van der Waals surface area contributed by atoms with Gasteiger partial charge in [0.1, 0.15) is 0 Å². The SMILES string of the molecule is CCCc1ccc(C(=O)/C=C/c2ccn(C)n2)s1. The van der Waals surface area contributed by atoms with Gasteiger partial charge < -0.3 is 0 Å². The minimum absolute atomic E-state index is 0.0491. The highest BCUT2D eigenvalue weighted by molar-refractivity contribution is 7.14. The fourth-order valence-corrected chi connectivity index (χ4v) is 2.69. The average molecular weight is 260 g/mol. The summed E-state index contributed by atoms with van der Waals surface area (Å²) in [6.45, 7) is 2.14. The maximum Gasteiger partial charge on any atom is 0.195 e. The van der Waals surface area contributed by atoms with Gasteiger partial charge >= 0.3 is 0 Å². The number of hydrogen-bond acceptors (Lipinski definition) is 3. The molecule has 0 amide bonds. The molecule has 0 atom stereocenters. The highest BCUT2D eigenvalue weighted by atomic mass is 32.1. The molecule has 4 heteroatoms. The van der Waals surface area contributed by atoms with E-state index in [1.165, 1.54) is 4.88 Å². The maximum atomic E-state index is 11.9. The molecule has 0 aromatic carbocycles. The van der Waals surface area contributed by atoms with Crippen molar-refractivity contribution in [2.24, 2.45) is 7.05 Å². The van der Waals surface area contributed by atoms with Gasteiger partial charge in [-0.05, 0) is 36.8 Å². The van der Waals surface area contributed by atoms with Crippen LogP contribution in [0.25, 0.3) is 6.08 Å². The van der Waals surface area contributed by atoms with Gasteiger partial charge in [0.05, 0.1) is 10.6 Å². The Labute approximate surface area is 111 Å². The fourth-order valence-electron chi connectivity index (χ4n) is 1.66. The van der Waals surface area contributed by atoms with E-state index in [1.807, 2.05) is 31.4 Å². The van der Waals surface area contributed by atoms with Crippen molar-refractivity contribution in [2.75, 3.05) is 0 Å². The molecule has 0 aliphatic rings. The molecule has 0 saturated heterocycles. The quantitative estimate of drug-likeness (QED) is 0.610. The van der Waals surface area contributed by atoms with E-state index in [-0.39, 0.29) is 5.78 Å². The minimum atomic E-state index is 0.0491. The van der Waals surface area contributed by atoms with E-state index in [4.69, 9.17) is 0 Å². The zero-order valence-corrected chi connectivity index (χ0v) is 11.4. The van der Waals surface area contributed by atoms with Crippen LogP contribution in [0.1, 0.15) is 33.6 Å². The Balaban J connectivity index is 2.04. The lowest BCUT2D eigenvalue weighted by Gasteiger charge is -1.90. The van der Waals surface area contributed by atoms with Crippen LogP contribution < -0.4 is 0 Å². The standard InChI is InChI=1S/C14H16N2OS/c1-3-4-12-6-8-14(18-12)13(17)7-5-11-9-10-16(2)15-11/h5-10H,3-4H2,1-2H3/b7-5+. The number of hydrogen-bond donors (Lipinski definition) is 0. The summed E-state index contributed by atoms with van der Waals surface area (Å²) in [4.78, 5) is 14.0. The maximum absolute atomic E-state index is 11.9. The molecule has 2 rings (SSSR count). The molecule has 94 valence electrons. The summed E-state index contributed by atoms with van der Waals surface area (Å²) in [5.74, 6) is 0.0491. The third-order valence-electron chi connectivity index (χ3n) is 2.54. The molecule has 0 aliphatic heterocycles. The third-order valence-corrected chi connectivity index (χ3v) is 3.70. The van der Waals surface area contributed by atoms with Crippen LogP contribution in [-0.2, 0) is 13.5 Å². The number of aryl methyl sites for hydroxylation is 2. The number of ketones is 1. The van der Waals surface area contributed by atoms with Gasteiger partial charge in [-0.1, -0.05) is 13.3 Å². The van der Waals surface area contributed by atoms with Gasteiger partial charge in [-0.15, -0.1) is 11.3 Å². The molecule has 0 spiro atoms. The Morgan fingerprint density at radius 3 is 2.94 bits per heavy atom. The van der Waals surface area contributed by atoms with Crippen LogP contribution in [-0.4, -0.2) is 15.6 Å². The lowest BCUT2D eigenvalue weighted by atomic mass is 10.2. The summed E-state index contributed by atoms with van der Waals surface area (Å²) in [6.07, 6.45) is 7.35. The van der Waals surface area contributed by atoms with Gasteiger partial charge in [-0.2, -0.15) is 5.10 Å². The second-order valence-electron chi connectivity index (χ2n) is 4.13. The summed E-state index contributed by atoms with van der Waals surface area (Å²) >= 11 is 1.58. The average Bonchev–Trinajstić information content (AvgIpc) is 2.96. The number of aromatic nitrogens is 2. The zero-order valence-electron chi connectivity index (χ0n) is 10.6. The Bertz CT molecular complexity index is 566. The molecule has 0 bridgehead atoms. The first-order valence-electron chi connectivity index (χ1n) is 6.00. The lowest BCUT2D eigenvalue weighted by Crippen LogP contribution is -1.90. The predicted octanol–water partition coefficient (Wildman–Crippen LogP) is 3.33. The van der Waals surface area contributed by atoms with Crippen molar-refractivity contribution in [3.63, 3.8) is 0 Å². The van der Waals surface area contributed by atoms with Crippen LogP contribution in [0.4, 0.5) is 0 Å². The molecular weight excluding hydrogens is 244 g/mol. The molecule has 2 heterocycles. The normalized spacial score (nSPS) is 11.2. The van der Waals surface area contributed by atoms with Crippen LogP contribution in [0, 0.1) is 0 Å². The van der Waals surface area contributed by atoms with Crippen molar-refractivity contribution in [1.82, 2.24) is 9.78 Å². The summed E-state index contributed by atoms with van der Waals surface area (Å²) in [5, 5.41) is 4.19. The smallest absolute Gasteiger partial charge is 0.195 e. The van der Waals surface area contributed by atoms with Gasteiger partial charge in [0.15, 0.2) is 5.78 Å². The Morgan fingerprint density at radius 1 is 1.44 bits per heavy atom. The van der Waals surface area contributed by atoms with Crippen molar-refractivity contribution in [3.8, 4) is 0 Å². The highest BCUT2D eigenvalue weighted by Crippen LogP contribution is 2.19. The molecule has 0 unspecified atom stereocenters. The van der Waals surface area contributed by atoms with E-state index in [0.717, 1.165) is 23.4 Å². The number of rotatable bonds is 5. The molecule has 0 aliphatic carbocycles. The minimum Gasteiger partial charge on any atom is -0.288 e. The zero-order chi connectivity index (χ0) is 13.0. The number of nitrogens with zero attached hydrogens (tertiary/aromatic N) is 2. The fraction of sp³-hybridized carbons (Fsp3) is 0.286. The molecule has 2 aromatic rings. The summed E-state index contributed by atoms with van der Waals surface area (Å²) in [5.41, 5.74) is 0.802. The monoisotopic (exact) mass is 260 g/mol. The summed E-state index contributed by atoms with van der Waals surface area (Å²) in [6, 6.07) is 5.82. The molecule has 0 radical (unpaired) electrons. The van der Waals surface area contributed by atoms with Crippen molar-refractivity contribution < 1.29 is 4.79 Å². The van der Waals surface area contributed by atoms with E-state index >= 15 is 0 Å². The van der Waals surface area contributed by atoms with Crippen LogP contribution >= 0.6 is 11.3 Å². The van der Waals surface area contributed by atoms with Crippen molar-refractivity contribution >= 4 is 23.2 Å². The third kappa shape index (κ3) is 3.17. The first-order chi connectivity index (χ1) is 8.69. The number of allylic oxidation sites excluding steroid dienone is 1. The molecular formula is C14H16N2OS. The topological polar surface area (TPSA) is 34.9 Å². The van der Waals surface area contributed by atoms with Gasteiger partial charge in [-0.3, -0.25) is 9.48 Å². The number of thiophene rings is 1. The van der Waals surface area contributed by atoms with E-state index in [2.05, 4.69) is 12.0 Å². The van der Waals surface area contributed by atoms with E-state index in [1.54, 1.807) is 28.2 Å². The van der Waals surface area contributed by atoms with Crippen LogP contribution in [0.2, 0.25) is 0 Å². The predicted molar refractivity (Wildman–Crippen MR) is 74.9 cm³/mol. The molecule has 3 nitrogen and oxygen atoms in total. The van der Waals surface area contributed by atoms with Crippen molar-refractivity contribution in [3.05, 3.63) is 45.9 Å². The Morgan fingerprint density at radius 2 is 2.28 bits per heavy atom. The van der Waals surface area contributed by atoms with Crippen molar-refractivity contribution in [2.45, 2.75) is 19.8 Å². The second-order valence-corrected chi connectivity index (χ2v) is 5.30. The van der Waals surface area contributed by atoms with Gasteiger partial charge in [0.25, 0.3) is 0 Å². The summed E-state index contributed by atoms with van der Waals surface area (Å²) in [7, 11) is 1.86. The lowest BCUT2D eigenvalue weighted by molar-refractivity contribution is 0.105. The van der Waals surface area contributed by atoms with Crippen LogP contribution in [0.15, 0.2) is 30.5 Å². The number of carbonyl (C=O) groups excluding carboxylic acids is 1. The summed E-state index contributed by atoms with van der Waals surface area (Å²) < 4.78 is 1.72. The first-order valence-corrected chi connectivity index (χ1v) is 6.81. The number of carbonyl (C=O) groups is 1. The molecule has 0 saturated carbocycles. The van der Waals surface area contributed by atoms with Crippen LogP contribution in [0.5, 0.6) is 0 Å². The largest absolute Gasteiger partial charge is 0.288 e. The highest BCUT2D eigenvalue weighted by Gasteiger charge is 2.05. The molecule has 18 heavy (non-hydrogen) atoms. The van der Waals surface area contributed by atoms with E-state index < -0.39 is 0 Å². The van der Waals surface area contributed by atoms with Crippen LogP contribution in [0.3, 0.4) is 0 Å². The Kier molecular flexibility index (Phi) is 4.10.